The summed E-state index contributed by atoms with van der Waals surface area (Å²) in [4.78, 5) is 17.1. The predicted molar refractivity (Wildman–Crippen MR) is 92.8 cm³/mol. The average molecular weight is 309 g/mol. The number of carbonyl (C=O) groups excluding carboxylic acids is 1. The van der Waals surface area contributed by atoms with Crippen LogP contribution in [0.5, 0.6) is 0 Å². The van der Waals surface area contributed by atoms with Crippen molar-refractivity contribution < 1.29 is 4.79 Å². The molecule has 2 fully saturated rings. The summed E-state index contributed by atoms with van der Waals surface area (Å²) in [5.41, 5.74) is 0. The van der Waals surface area contributed by atoms with Crippen LogP contribution >= 0.6 is 0 Å². The van der Waals surface area contributed by atoms with Crippen molar-refractivity contribution in [2.75, 3.05) is 32.7 Å². The third-order valence-electron chi connectivity index (χ3n) is 6.24. The largest absolute Gasteiger partial charge is 0.343 e. The Kier molecular flexibility index (Phi) is 7.20. The molecule has 0 radical (unpaired) electrons. The van der Waals surface area contributed by atoms with Crippen molar-refractivity contribution in [3.05, 3.63) is 0 Å². The van der Waals surface area contributed by atoms with E-state index in [2.05, 4.69) is 30.6 Å². The molecule has 0 saturated carbocycles. The molecule has 2 heterocycles. The molecule has 0 bridgehead atoms. The molecule has 2 aliphatic rings. The predicted octanol–water partition coefficient (Wildman–Crippen LogP) is 3.78. The van der Waals surface area contributed by atoms with E-state index in [1.807, 2.05) is 0 Å². The highest BCUT2D eigenvalue weighted by Gasteiger charge is 2.25. The lowest BCUT2D eigenvalue weighted by Crippen LogP contribution is -2.39. The first-order valence-corrected chi connectivity index (χ1v) is 9.64. The zero-order valence-corrected chi connectivity index (χ0v) is 15.0. The Balaban J connectivity index is 1.66. The number of rotatable bonds is 6. The van der Waals surface area contributed by atoms with Crippen LogP contribution < -0.4 is 0 Å². The maximum atomic E-state index is 12.4. The van der Waals surface area contributed by atoms with Gasteiger partial charge in [-0.3, -0.25) is 4.79 Å². The number of likely N-dealkylation sites (tertiary alicyclic amines) is 2. The Hall–Kier alpha value is -0.570. The van der Waals surface area contributed by atoms with Crippen LogP contribution in [0.2, 0.25) is 0 Å². The minimum absolute atomic E-state index is 0.410. The molecule has 0 aliphatic carbocycles. The second kappa shape index (κ2) is 8.90. The van der Waals surface area contributed by atoms with E-state index in [1.165, 1.54) is 51.7 Å². The third kappa shape index (κ3) is 4.97. The summed E-state index contributed by atoms with van der Waals surface area (Å²) in [5.74, 6) is 2.80. The summed E-state index contributed by atoms with van der Waals surface area (Å²) in [6.45, 7) is 12.6. The molecular weight excluding hydrogens is 272 g/mol. The van der Waals surface area contributed by atoms with E-state index in [-0.39, 0.29) is 0 Å². The second-order valence-corrected chi connectivity index (χ2v) is 7.52. The molecule has 0 spiro atoms. The monoisotopic (exact) mass is 308 g/mol. The van der Waals surface area contributed by atoms with Gasteiger partial charge in [-0.2, -0.15) is 0 Å². The Morgan fingerprint density at radius 1 is 1.05 bits per heavy atom. The van der Waals surface area contributed by atoms with Gasteiger partial charge in [0.15, 0.2) is 0 Å². The van der Waals surface area contributed by atoms with Gasteiger partial charge < -0.3 is 9.80 Å². The molecule has 0 aromatic rings. The van der Waals surface area contributed by atoms with E-state index in [1.54, 1.807) is 0 Å². The van der Waals surface area contributed by atoms with Gasteiger partial charge in [-0.05, 0) is 69.5 Å². The van der Waals surface area contributed by atoms with Gasteiger partial charge >= 0.3 is 0 Å². The first-order valence-electron chi connectivity index (χ1n) is 9.64. The summed E-state index contributed by atoms with van der Waals surface area (Å²) >= 11 is 0. The van der Waals surface area contributed by atoms with E-state index < -0.39 is 0 Å². The molecule has 1 unspecified atom stereocenters. The van der Waals surface area contributed by atoms with Gasteiger partial charge in [0, 0.05) is 19.5 Å². The quantitative estimate of drug-likeness (QED) is 0.745. The fourth-order valence-corrected chi connectivity index (χ4v) is 4.17. The Morgan fingerprint density at radius 3 is 2.23 bits per heavy atom. The van der Waals surface area contributed by atoms with Crippen LogP contribution in [0.4, 0.5) is 0 Å². The highest BCUT2D eigenvalue weighted by molar-refractivity contribution is 5.76. The van der Waals surface area contributed by atoms with Crippen molar-refractivity contribution in [2.45, 2.75) is 65.7 Å². The molecule has 0 aromatic heterocycles. The molecule has 22 heavy (non-hydrogen) atoms. The molecule has 128 valence electrons. The molecule has 3 nitrogen and oxygen atoms in total. The van der Waals surface area contributed by atoms with Gasteiger partial charge in [0.1, 0.15) is 0 Å². The Bertz CT molecular complexity index is 328. The van der Waals surface area contributed by atoms with E-state index >= 15 is 0 Å². The highest BCUT2D eigenvalue weighted by Crippen LogP contribution is 2.28. The van der Waals surface area contributed by atoms with Crippen LogP contribution in [0.15, 0.2) is 0 Å². The SMILES string of the molecule is CCC1CCN(C(=O)CCC(C)C2CCN(CC)CC2)CC1. The Labute approximate surface area is 137 Å². The molecule has 0 N–H and O–H groups in total. The fraction of sp³-hybridized carbons (Fsp3) is 0.947. The van der Waals surface area contributed by atoms with E-state index in [9.17, 15) is 4.79 Å². The van der Waals surface area contributed by atoms with Gasteiger partial charge in [0.05, 0.1) is 0 Å². The van der Waals surface area contributed by atoms with Gasteiger partial charge in [-0.15, -0.1) is 0 Å². The number of hydrogen-bond acceptors (Lipinski definition) is 2. The third-order valence-corrected chi connectivity index (χ3v) is 6.24. The molecule has 2 saturated heterocycles. The summed E-state index contributed by atoms with van der Waals surface area (Å²) in [6, 6.07) is 0. The summed E-state index contributed by atoms with van der Waals surface area (Å²) in [6.07, 6.45) is 8.21. The molecule has 3 heteroatoms. The van der Waals surface area contributed by atoms with Gasteiger partial charge in [-0.1, -0.05) is 27.2 Å². The van der Waals surface area contributed by atoms with Crippen molar-refractivity contribution in [2.24, 2.45) is 17.8 Å². The van der Waals surface area contributed by atoms with E-state index in [0.29, 0.717) is 11.8 Å². The summed E-state index contributed by atoms with van der Waals surface area (Å²) in [7, 11) is 0. The molecular formula is C19H36N2O. The molecule has 1 amide bonds. The van der Waals surface area contributed by atoms with Crippen molar-refractivity contribution in [3.63, 3.8) is 0 Å². The number of nitrogens with zero attached hydrogens (tertiary/aromatic N) is 2. The topological polar surface area (TPSA) is 23.6 Å². The van der Waals surface area contributed by atoms with Crippen molar-refractivity contribution in [3.8, 4) is 0 Å². The molecule has 1 atom stereocenters. The smallest absolute Gasteiger partial charge is 0.222 e. The summed E-state index contributed by atoms with van der Waals surface area (Å²) in [5, 5.41) is 0. The lowest BCUT2D eigenvalue weighted by molar-refractivity contribution is -0.133. The van der Waals surface area contributed by atoms with Crippen molar-refractivity contribution >= 4 is 5.91 Å². The minimum Gasteiger partial charge on any atom is -0.343 e. The van der Waals surface area contributed by atoms with Gasteiger partial charge in [-0.25, -0.2) is 0 Å². The number of amides is 1. The first kappa shape index (κ1) is 17.8. The summed E-state index contributed by atoms with van der Waals surface area (Å²) < 4.78 is 0. The highest BCUT2D eigenvalue weighted by atomic mass is 16.2. The molecule has 2 aliphatic heterocycles. The van der Waals surface area contributed by atoms with E-state index in [0.717, 1.165) is 37.8 Å². The van der Waals surface area contributed by atoms with E-state index in [4.69, 9.17) is 0 Å². The zero-order valence-electron chi connectivity index (χ0n) is 15.0. The zero-order chi connectivity index (χ0) is 15.9. The fourth-order valence-electron chi connectivity index (χ4n) is 4.17. The van der Waals surface area contributed by atoms with Crippen molar-refractivity contribution in [1.29, 1.82) is 0 Å². The van der Waals surface area contributed by atoms with Gasteiger partial charge in [0.25, 0.3) is 0 Å². The van der Waals surface area contributed by atoms with Crippen LogP contribution in [-0.4, -0.2) is 48.4 Å². The standard InChI is InChI=1S/C19H36N2O/c1-4-17-8-14-21(15-9-17)19(22)7-6-16(3)18-10-12-20(5-2)13-11-18/h16-18H,4-15H2,1-3H3. The van der Waals surface area contributed by atoms with Crippen molar-refractivity contribution in [1.82, 2.24) is 9.80 Å². The number of hydrogen-bond donors (Lipinski definition) is 0. The minimum atomic E-state index is 0.410. The Morgan fingerprint density at radius 2 is 1.68 bits per heavy atom. The average Bonchev–Trinajstić information content (AvgIpc) is 2.59. The van der Waals surface area contributed by atoms with Crippen LogP contribution in [0, 0.1) is 17.8 Å². The molecule has 0 aromatic carbocycles. The lowest BCUT2D eigenvalue weighted by atomic mass is 9.82. The van der Waals surface area contributed by atoms with Crippen LogP contribution in [0.1, 0.15) is 65.7 Å². The normalized spacial score (nSPS) is 23.7. The van der Waals surface area contributed by atoms with Crippen LogP contribution in [0.25, 0.3) is 0 Å². The molecule has 2 rings (SSSR count). The van der Waals surface area contributed by atoms with Crippen LogP contribution in [0.3, 0.4) is 0 Å². The number of piperidine rings is 2. The second-order valence-electron chi connectivity index (χ2n) is 7.52. The lowest BCUT2D eigenvalue weighted by Gasteiger charge is -2.35. The maximum Gasteiger partial charge on any atom is 0.222 e. The van der Waals surface area contributed by atoms with Gasteiger partial charge in [0.2, 0.25) is 5.91 Å². The van der Waals surface area contributed by atoms with Crippen LogP contribution in [-0.2, 0) is 4.79 Å². The number of carbonyl (C=O) groups is 1. The maximum absolute atomic E-state index is 12.4. The first-order chi connectivity index (χ1) is 10.6.